The second kappa shape index (κ2) is 10.7. The highest BCUT2D eigenvalue weighted by Crippen LogP contribution is 2.16. The van der Waals surface area contributed by atoms with E-state index >= 15 is 0 Å². The van der Waals surface area contributed by atoms with Crippen molar-refractivity contribution in [3.63, 3.8) is 0 Å². The zero-order valence-electron chi connectivity index (χ0n) is 16.8. The fourth-order valence-electron chi connectivity index (χ4n) is 3.20. The average Bonchev–Trinajstić information content (AvgIpc) is 2.64. The molecule has 0 bridgehead atoms. The van der Waals surface area contributed by atoms with Crippen LogP contribution in [0, 0.1) is 13.8 Å². The van der Waals surface area contributed by atoms with Crippen molar-refractivity contribution in [2.24, 2.45) is 10.2 Å². The molecule has 0 heterocycles. The zero-order chi connectivity index (χ0) is 18.8. The van der Waals surface area contributed by atoms with Gasteiger partial charge in [-0.05, 0) is 61.8 Å². The minimum Gasteiger partial charge on any atom is -0.158 e. The summed E-state index contributed by atoms with van der Waals surface area (Å²) in [6.45, 7) is 8.74. The summed E-state index contributed by atoms with van der Waals surface area (Å²) in [5, 5.41) is 8.75. The second-order valence-corrected chi connectivity index (χ2v) is 6.99. The number of unbranched alkanes of at least 4 members (excludes halogenated alkanes) is 2. The van der Waals surface area contributed by atoms with E-state index < -0.39 is 0 Å². The van der Waals surface area contributed by atoms with Crippen LogP contribution in [0.3, 0.4) is 0 Å². The lowest BCUT2D eigenvalue weighted by atomic mass is 9.98. The van der Waals surface area contributed by atoms with Crippen molar-refractivity contribution >= 4 is 12.4 Å². The number of rotatable bonds is 9. The predicted octanol–water partition coefficient (Wildman–Crippen LogP) is 6.44. The molecule has 26 heavy (non-hydrogen) atoms. The summed E-state index contributed by atoms with van der Waals surface area (Å²) in [6, 6.07) is 13.0. The Hall–Kier alpha value is -2.22. The highest BCUT2D eigenvalue weighted by atomic mass is 15.2. The molecule has 0 aliphatic rings. The second-order valence-electron chi connectivity index (χ2n) is 6.99. The molecule has 2 rings (SSSR count). The molecular weight excluding hydrogens is 316 g/mol. The molecule has 2 aromatic carbocycles. The third-order valence-corrected chi connectivity index (χ3v) is 4.87. The van der Waals surface area contributed by atoms with Gasteiger partial charge in [-0.2, -0.15) is 10.2 Å². The number of hydrogen-bond donors (Lipinski definition) is 0. The summed E-state index contributed by atoms with van der Waals surface area (Å²) in [6.07, 6.45) is 10.9. The van der Waals surface area contributed by atoms with Gasteiger partial charge in [-0.3, -0.25) is 0 Å². The molecule has 0 radical (unpaired) electrons. The lowest BCUT2D eigenvalue weighted by molar-refractivity contribution is 0.793. The van der Waals surface area contributed by atoms with Gasteiger partial charge in [0, 0.05) is 11.1 Å². The first-order valence-electron chi connectivity index (χ1n) is 9.90. The molecule has 0 aliphatic carbocycles. The summed E-state index contributed by atoms with van der Waals surface area (Å²) in [5.74, 6) is 0. The normalized spacial score (nSPS) is 11.7. The number of hydrogen-bond acceptors (Lipinski definition) is 2. The number of aryl methyl sites for hydroxylation is 4. The molecule has 0 aromatic heterocycles. The molecule has 0 aliphatic heterocycles. The van der Waals surface area contributed by atoms with Gasteiger partial charge >= 0.3 is 0 Å². The first kappa shape index (κ1) is 20.1. The molecule has 2 heteroatoms. The Balaban J connectivity index is 2.19. The summed E-state index contributed by atoms with van der Waals surface area (Å²) < 4.78 is 0. The molecule has 0 saturated heterocycles. The SMILES string of the molecule is CCCCc1cccc(C)c1/C=N/N=C/c1c(C)cccc1CCCC. The molecule has 2 aromatic rings. The minimum atomic E-state index is 1.10. The molecule has 0 spiro atoms. The lowest BCUT2D eigenvalue weighted by Gasteiger charge is -2.08. The smallest absolute Gasteiger partial charge is 0.0573 e. The van der Waals surface area contributed by atoms with Gasteiger partial charge in [-0.25, -0.2) is 0 Å². The van der Waals surface area contributed by atoms with E-state index in [1.165, 1.54) is 59.1 Å². The summed E-state index contributed by atoms with van der Waals surface area (Å²) >= 11 is 0. The molecule has 0 atom stereocenters. The van der Waals surface area contributed by atoms with Gasteiger partial charge in [-0.1, -0.05) is 63.1 Å². The van der Waals surface area contributed by atoms with Gasteiger partial charge in [0.2, 0.25) is 0 Å². The van der Waals surface area contributed by atoms with Crippen molar-refractivity contribution in [2.45, 2.75) is 66.2 Å². The van der Waals surface area contributed by atoms with Gasteiger partial charge in [0.05, 0.1) is 12.4 Å². The summed E-state index contributed by atoms with van der Waals surface area (Å²) in [5.41, 5.74) is 7.69. The highest BCUT2D eigenvalue weighted by molar-refractivity contribution is 5.86. The van der Waals surface area contributed by atoms with Crippen LogP contribution in [0.5, 0.6) is 0 Å². The van der Waals surface area contributed by atoms with Gasteiger partial charge < -0.3 is 0 Å². The van der Waals surface area contributed by atoms with Crippen LogP contribution in [-0.4, -0.2) is 12.4 Å². The van der Waals surface area contributed by atoms with Crippen LogP contribution in [0.25, 0.3) is 0 Å². The standard InChI is InChI=1S/C24H32N2/c1-5-7-13-21-15-9-11-19(3)23(21)17-25-26-18-24-20(4)12-10-16-22(24)14-8-6-2/h9-12,15-18H,5-8,13-14H2,1-4H3/b25-17+,26-18+. The Morgan fingerprint density at radius 3 is 1.50 bits per heavy atom. The van der Waals surface area contributed by atoms with Crippen LogP contribution >= 0.6 is 0 Å². The fraction of sp³-hybridized carbons (Fsp3) is 0.417. The molecule has 0 fully saturated rings. The van der Waals surface area contributed by atoms with E-state index in [1.807, 2.05) is 12.4 Å². The molecule has 0 N–H and O–H groups in total. The van der Waals surface area contributed by atoms with Gasteiger partial charge in [0.15, 0.2) is 0 Å². The first-order chi connectivity index (χ1) is 12.7. The Bertz CT molecular complexity index is 691. The van der Waals surface area contributed by atoms with E-state index in [1.54, 1.807) is 0 Å². The lowest BCUT2D eigenvalue weighted by Crippen LogP contribution is -1.97. The van der Waals surface area contributed by atoms with Crippen molar-refractivity contribution in [3.05, 3.63) is 69.8 Å². The maximum atomic E-state index is 4.37. The Kier molecular flexibility index (Phi) is 8.27. The Morgan fingerprint density at radius 1 is 0.692 bits per heavy atom. The molecule has 0 amide bonds. The van der Waals surface area contributed by atoms with E-state index in [4.69, 9.17) is 0 Å². The van der Waals surface area contributed by atoms with E-state index in [9.17, 15) is 0 Å². The molecule has 2 nitrogen and oxygen atoms in total. The predicted molar refractivity (Wildman–Crippen MR) is 115 cm³/mol. The van der Waals surface area contributed by atoms with Gasteiger partial charge in [0.25, 0.3) is 0 Å². The van der Waals surface area contributed by atoms with Crippen molar-refractivity contribution in [2.75, 3.05) is 0 Å². The Morgan fingerprint density at radius 2 is 1.12 bits per heavy atom. The third kappa shape index (κ3) is 5.66. The van der Waals surface area contributed by atoms with Crippen molar-refractivity contribution in [1.29, 1.82) is 0 Å². The van der Waals surface area contributed by atoms with Crippen LogP contribution in [0.1, 0.15) is 72.9 Å². The van der Waals surface area contributed by atoms with Crippen molar-refractivity contribution < 1.29 is 0 Å². The van der Waals surface area contributed by atoms with Crippen LogP contribution < -0.4 is 0 Å². The fourth-order valence-corrected chi connectivity index (χ4v) is 3.20. The zero-order valence-corrected chi connectivity index (χ0v) is 16.8. The van der Waals surface area contributed by atoms with E-state index in [0.29, 0.717) is 0 Å². The molecular formula is C24H32N2. The first-order valence-corrected chi connectivity index (χ1v) is 9.90. The van der Waals surface area contributed by atoms with E-state index in [0.717, 1.165) is 12.8 Å². The van der Waals surface area contributed by atoms with E-state index in [2.05, 4.69) is 74.3 Å². The number of nitrogens with zero attached hydrogens (tertiary/aromatic N) is 2. The molecule has 138 valence electrons. The van der Waals surface area contributed by atoms with E-state index in [-0.39, 0.29) is 0 Å². The molecule has 0 unspecified atom stereocenters. The van der Waals surface area contributed by atoms with Crippen molar-refractivity contribution in [1.82, 2.24) is 0 Å². The largest absolute Gasteiger partial charge is 0.158 e. The van der Waals surface area contributed by atoms with Crippen LogP contribution in [0.4, 0.5) is 0 Å². The summed E-state index contributed by atoms with van der Waals surface area (Å²) in [7, 11) is 0. The Labute approximate surface area is 159 Å². The van der Waals surface area contributed by atoms with Crippen LogP contribution in [0.15, 0.2) is 46.6 Å². The van der Waals surface area contributed by atoms with Crippen LogP contribution in [-0.2, 0) is 12.8 Å². The quantitative estimate of drug-likeness (QED) is 0.368. The molecule has 0 saturated carbocycles. The van der Waals surface area contributed by atoms with Gasteiger partial charge in [0.1, 0.15) is 0 Å². The summed E-state index contributed by atoms with van der Waals surface area (Å²) in [4.78, 5) is 0. The van der Waals surface area contributed by atoms with Crippen molar-refractivity contribution in [3.8, 4) is 0 Å². The maximum Gasteiger partial charge on any atom is 0.0573 e. The van der Waals surface area contributed by atoms with Crippen LogP contribution in [0.2, 0.25) is 0 Å². The third-order valence-electron chi connectivity index (χ3n) is 4.87. The number of benzene rings is 2. The topological polar surface area (TPSA) is 24.7 Å². The van der Waals surface area contributed by atoms with Gasteiger partial charge in [-0.15, -0.1) is 0 Å². The average molecular weight is 349 g/mol. The highest BCUT2D eigenvalue weighted by Gasteiger charge is 2.04. The maximum absolute atomic E-state index is 4.37. The monoisotopic (exact) mass is 348 g/mol. The minimum absolute atomic E-state index is 1.10.